The molecule has 1 aromatic rings. The van der Waals surface area contributed by atoms with E-state index in [-0.39, 0.29) is 29.8 Å². The molecule has 3 atom stereocenters. The van der Waals surface area contributed by atoms with E-state index in [4.69, 9.17) is 5.73 Å². The highest BCUT2D eigenvalue weighted by atomic mass is 16.2. The first-order chi connectivity index (χ1) is 12.5. The van der Waals surface area contributed by atoms with Gasteiger partial charge < -0.3 is 16.0 Å². The van der Waals surface area contributed by atoms with Crippen LogP contribution in [0.15, 0.2) is 30.3 Å². The van der Waals surface area contributed by atoms with E-state index in [1.807, 2.05) is 30.3 Å². The molecule has 1 saturated heterocycles. The first kappa shape index (κ1) is 18.9. The Kier molecular flexibility index (Phi) is 6.27. The average molecular weight is 358 g/mol. The molecule has 0 spiro atoms. The number of nitrogens with zero attached hydrogens (tertiary/aromatic N) is 2. The van der Waals surface area contributed by atoms with E-state index < -0.39 is 0 Å². The molecular weight excluding hydrogens is 328 g/mol. The molecule has 3 rings (SSSR count). The molecule has 26 heavy (non-hydrogen) atoms. The van der Waals surface area contributed by atoms with Crippen LogP contribution in [-0.2, 0) is 9.59 Å². The Bertz CT molecular complexity index is 613. The van der Waals surface area contributed by atoms with Crippen LogP contribution in [0.3, 0.4) is 0 Å². The van der Waals surface area contributed by atoms with E-state index in [1.54, 1.807) is 0 Å². The van der Waals surface area contributed by atoms with E-state index >= 15 is 0 Å². The standard InChI is InChI=1S/C20H30N4O2/c1-23-10-12-24(13-11-23)18(15-6-3-2-4-7-15)20(26)22-17-9-5-8-16(14-17)19(21)25/h2-4,6-7,16-18H,5,8-14H2,1H3,(H2,21,25)(H,22,26). The van der Waals surface area contributed by atoms with Crippen LogP contribution in [0.5, 0.6) is 0 Å². The summed E-state index contributed by atoms with van der Waals surface area (Å²) in [5.74, 6) is -0.327. The number of piperazine rings is 1. The molecule has 3 unspecified atom stereocenters. The summed E-state index contributed by atoms with van der Waals surface area (Å²) >= 11 is 0. The van der Waals surface area contributed by atoms with Gasteiger partial charge in [-0.25, -0.2) is 0 Å². The van der Waals surface area contributed by atoms with Crippen LogP contribution in [0.4, 0.5) is 0 Å². The van der Waals surface area contributed by atoms with Gasteiger partial charge in [0.2, 0.25) is 11.8 Å². The summed E-state index contributed by atoms with van der Waals surface area (Å²) in [7, 11) is 2.11. The number of benzene rings is 1. The van der Waals surface area contributed by atoms with Gasteiger partial charge >= 0.3 is 0 Å². The molecule has 6 heteroatoms. The predicted molar refractivity (Wildman–Crippen MR) is 101 cm³/mol. The lowest BCUT2D eigenvalue weighted by atomic mass is 9.85. The van der Waals surface area contributed by atoms with E-state index in [0.717, 1.165) is 51.0 Å². The fourth-order valence-corrected chi connectivity index (χ4v) is 4.10. The Morgan fingerprint density at radius 3 is 2.46 bits per heavy atom. The maximum absolute atomic E-state index is 13.2. The van der Waals surface area contributed by atoms with Gasteiger partial charge in [0.1, 0.15) is 6.04 Å². The van der Waals surface area contributed by atoms with E-state index in [2.05, 4.69) is 22.2 Å². The van der Waals surface area contributed by atoms with E-state index in [0.29, 0.717) is 6.42 Å². The van der Waals surface area contributed by atoms with Gasteiger partial charge in [0, 0.05) is 38.1 Å². The monoisotopic (exact) mass is 358 g/mol. The minimum absolute atomic E-state index is 0.0347. The van der Waals surface area contributed by atoms with Crippen molar-refractivity contribution in [2.75, 3.05) is 33.2 Å². The summed E-state index contributed by atoms with van der Waals surface area (Å²) in [6.07, 6.45) is 3.34. The van der Waals surface area contributed by atoms with Crippen LogP contribution in [0.25, 0.3) is 0 Å². The second-order valence-corrected chi connectivity index (χ2v) is 7.62. The lowest BCUT2D eigenvalue weighted by molar-refractivity contribution is -0.129. The second kappa shape index (κ2) is 8.64. The Morgan fingerprint density at radius 2 is 1.81 bits per heavy atom. The lowest BCUT2D eigenvalue weighted by Crippen LogP contribution is -2.51. The first-order valence-corrected chi connectivity index (χ1v) is 9.62. The van der Waals surface area contributed by atoms with Crippen molar-refractivity contribution in [1.82, 2.24) is 15.1 Å². The molecule has 1 saturated carbocycles. The second-order valence-electron chi connectivity index (χ2n) is 7.62. The Balaban J connectivity index is 1.71. The molecule has 2 amide bonds. The minimum Gasteiger partial charge on any atom is -0.369 e. The SMILES string of the molecule is CN1CCN(C(C(=O)NC2CCCC(C(N)=O)C2)c2ccccc2)CC1. The van der Waals surface area contributed by atoms with Gasteiger partial charge in [-0.15, -0.1) is 0 Å². The Labute approximate surface area is 155 Å². The molecular formula is C20H30N4O2. The van der Waals surface area contributed by atoms with E-state index in [9.17, 15) is 9.59 Å². The number of primary amides is 1. The van der Waals surface area contributed by atoms with Crippen LogP contribution >= 0.6 is 0 Å². The topological polar surface area (TPSA) is 78.7 Å². The third-order valence-electron chi connectivity index (χ3n) is 5.69. The Morgan fingerprint density at radius 1 is 1.12 bits per heavy atom. The lowest BCUT2D eigenvalue weighted by Gasteiger charge is -2.38. The van der Waals surface area contributed by atoms with Crippen molar-refractivity contribution in [1.29, 1.82) is 0 Å². The molecule has 1 aromatic carbocycles. The summed E-state index contributed by atoms with van der Waals surface area (Å²) in [6, 6.07) is 9.74. The number of carbonyl (C=O) groups excluding carboxylic acids is 2. The first-order valence-electron chi connectivity index (χ1n) is 9.62. The van der Waals surface area contributed by atoms with Gasteiger partial charge in [-0.05, 0) is 31.9 Å². The van der Waals surface area contributed by atoms with Gasteiger partial charge in [0.15, 0.2) is 0 Å². The molecule has 1 aliphatic heterocycles. The number of nitrogens with two attached hydrogens (primary N) is 1. The summed E-state index contributed by atoms with van der Waals surface area (Å²) in [5, 5.41) is 3.21. The number of rotatable bonds is 5. The fourth-order valence-electron chi connectivity index (χ4n) is 4.10. The van der Waals surface area contributed by atoms with Crippen LogP contribution < -0.4 is 11.1 Å². The highest BCUT2D eigenvalue weighted by molar-refractivity contribution is 5.83. The molecule has 3 N–H and O–H groups in total. The maximum Gasteiger partial charge on any atom is 0.242 e. The highest BCUT2D eigenvalue weighted by Gasteiger charge is 2.33. The number of hydrogen-bond acceptors (Lipinski definition) is 4. The van der Waals surface area contributed by atoms with Gasteiger partial charge in [0.25, 0.3) is 0 Å². The fraction of sp³-hybridized carbons (Fsp3) is 0.600. The number of amides is 2. The molecule has 0 radical (unpaired) electrons. The van der Waals surface area contributed by atoms with Gasteiger partial charge in [-0.3, -0.25) is 14.5 Å². The predicted octanol–water partition coefficient (Wildman–Crippen LogP) is 1.14. The Hall–Kier alpha value is -1.92. The smallest absolute Gasteiger partial charge is 0.242 e. The van der Waals surface area contributed by atoms with Crippen LogP contribution in [-0.4, -0.2) is 60.9 Å². The molecule has 1 heterocycles. The van der Waals surface area contributed by atoms with Crippen molar-refractivity contribution >= 4 is 11.8 Å². The van der Waals surface area contributed by atoms with Crippen LogP contribution in [0.2, 0.25) is 0 Å². The zero-order valence-electron chi connectivity index (χ0n) is 15.6. The highest BCUT2D eigenvalue weighted by Crippen LogP contribution is 2.27. The van der Waals surface area contributed by atoms with Crippen molar-refractivity contribution in [3.63, 3.8) is 0 Å². The van der Waals surface area contributed by atoms with Crippen molar-refractivity contribution in [2.45, 2.75) is 37.8 Å². The summed E-state index contributed by atoms with van der Waals surface area (Å²) in [6.45, 7) is 3.67. The molecule has 142 valence electrons. The summed E-state index contributed by atoms with van der Waals surface area (Å²) < 4.78 is 0. The van der Waals surface area contributed by atoms with Gasteiger partial charge in [-0.1, -0.05) is 36.8 Å². The number of hydrogen-bond donors (Lipinski definition) is 2. The quantitative estimate of drug-likeness (QED) is 0.827. The number of likely N-dealkylation sites (N-methyl/N-ethyl adjacent to an activating group) is 1. The molecule has 2 fully saturated rings. The summed E-state index contributed by atoms with van der Waals surface area (Å²) in [4.78, 5) is 29.3. The molecule has 1 aliphatic carbocycles. The molecule has 2 aliphatic rings. The number of carbonyl (C=O) groups is 2. The zero-order valence-corrected chi connectivity index (χ0v) is 15.6. The zero-order chi connectivity index (χ0) is 18.5. The minimum atomic E-state index is -0.279. The third-order valence-corrected chi connectivity index (χ3v) is 5.69. The maximum atomic E-state index is 13.2. The van der Waals surface area contributed by atoms with Crippen LogP contribution in [0.1, 0.15) is 37.3 Å². The van der Waals surface area contributed by atoms with Crippen molar-refractivity contribution in [3.05, 3.63) is 35.9 Å². The van der Waals surface area contributed by atoms with Crippen LogP contribution in [0, 0.1) is 5.92 Å². The molecule has 6 nitrogen and oxygen atoms in total. The largest absolute Gasteiger partial charge is 0.369 e. The number of nitrogens with one attached hydrogen (secondary N) is 1. The third kappa shape index (κ3) is 4.62. The molecule has 0 aromatic heterocycles. The normalized spacial score (nSPS) is 26.2. The molecule has 0 bridgehead atoms. The average Bonchev–Trinajstić information content (AvgIpc) is 2.64. The van der Waals surface area contributed by atoms with Crippen molar-refractivity contribution < 1.29 is 9.59 Å². The van der Waals surface area contributed by atoms with Gasteiger partial charge in [0.05, 0.1) is 0 Å². The van der Waals surface area contributed by atoms with E-state index in [1.165, 1.54) is 0 Å². The van der Waals surface area contributed by atoms with Crippen molar-refractivity contribution in [3.8, 4) is 0 Å². The summed E-state index contributed by atoms with van der Waals surface area (Å²) in [5.41, 5.74) is 6.50. The van der Waals surface area contributed by atoms with Crippen molar-refractivity contribution in [2.24, 2.45) is 11.7 Å². The van der Waals surface area contributed by atoms with Gasteiger partial charge in [-0.2, -0.15) is 0 Å².